The predicted octanol–water partition coefficient (Wildman–Crippen LogP) is 3.51. The van der Waals surface area contributed by atoms with Gasteiger partial charge >= 0.3 is 0 Å². The summed E-state index contributed by atoms with van der Waals surface area (Å²) in [5.41, 5.74) is 2.41. The van der Waals surface area contributed by atoms with Gasteiger partial charge in [-0.1, -0.05) is 50.2 Å². The van der Waals surface area contributed by atoms with E-state index in [1.54, 1.807) is 24.2 Å². The Morgan fingerprint density at radius 1 is 1.15 bits per heavy atom. The average Bonchev–Trinajstić information content (AvgIpc) is 3.15. The Balaban J connectivity index is 1.80. The molecule has 0 aliphatic heterocycles. The molecule has 0 spiro atoms. The first-order valence-electron chi connectivity index (χ1n) is 8.97. The Labute approximate surface area is 159 Å². The van der Waals surface area contributed by atoms with Gasteiger partial charge in [-0.3, -0.25) is 4.79 Å². The lowest BCUT2D eigenvalue weighted by molar-refractivity contribution is 0.0827. The van der Waals surface area contributed by atoms with Gasteiger partial charge in [0, 0.05) is 19.9 Å². The molecule has 1 aromatic carbocycles. The van der Waals surface area contributed by atoms with Crippen molar-refractivity contribution in [2.75, 3.05) is 13.7 Å². The normalized spacial score (nSPS) is 12.1. The summed E-state index contributed by atoms with van der Waals surface area (Å²) in [6.45, 7) is 4.45. The van der Waals surface area contributed by atoms with E-state index in [0.717, 1.165) is 11.3 Å². The van der Waals surface area contributed by atoms with E-state index in [0.29, 0.717) is 17.9 Å². The molecular formula is C21H24N4O2. The smallest absolute Gasteiger partial charge is 0.254 e. The minimum atomic E-state index is -0.205. The van der Waals surface area contributed by atoms with E-state index in [9.17, 15) is 4.79 Å². The van der Waals surface area contributed by atoms with E-state index in [4.69, 9.17) is 4.74 Å². The average molecular weight is 364 g/mol. The van der Waals surface area contributed by atoms with Crippen LogP contribution >= 0.6 is 0 Å². The number of ether oxygens (including phenoxy) is 1. The monoisotopic (exact) mass is 364 g/mol. The second-order valence-corrected chi connectivity index (χ2v) is 6.54. The maximum absolute atomic E-state index is 12.8. The molecule has 0 saturated heterocycles. The maximum Gasteiger partial charge on any atom is 0.254 e. The summed E-state index contributed by atoms with van der Waals surface area (Å²) in [5, 5.41) is 7.37. The third-order valence-corrected chi connectivity index (χ3v) is 4.37. The molecule has 6 heteroatoms. The van der Waals surface area contributed by atoms with Crippen molar-refractivity contribution in [3.05, 3.63) is 77.7 Å². The fourth-order valence-corrected chi connectivity index (χ4v) is 3.04. The molecule has 27 heavy (non-hydrogen) atoms. The highest BCUT2D eigenvalue weighted by Gasteiger charge is 2.22. The number of hydrogen-bond donors (Lipinski definition) is 1. The largest absolute Gasteiger partial charge is 0.375 e. The topological polar surface area (TPSA) is 69.0 Å². The van der Waals surface area contributed by atoms with Crippen molar-refractivity contribution < 1.29 is 9.53 Å². The van der Waals surface area contributed by atoms with Gasteiger partial charge in [-0.05, 0) is 23.6 Å². The number of benzene rings is 1. The minimum Gasteiger partial charge on any atom is -0.375 e. The highest BCUT2D eigenvalue weighted by Crippen LogP contribution is 2.22. The molecule has 1 amide bonds. The summed E-state index contributed by atoms with van der Waals surface area (Å²) in [7, 11) is 1.64. The molecule has 140 valence electrons. The highest BCUT2D eigenvalue weighted by molar-refractivity contribution is 5.95. The summed E-state index contributed by atoms with van der Waals surface area (Å²) >= 11 is 0. The Bertz CT molecular complexity index is 876. The molecule has 3 rings (SSSR count). The number of rotatable bonds is 7. The molecule has 2 aromatic heterocycles. The van der Waals surface area contributed by atoms with Crippen LogP contribution in [0.3, 0.4) is 0 Å². The zero-order valence-electron chi connectivity index (χ0n) is 15.8. The Morgan fingerprint density at radius 2 is 1.89 bits per heavy atom. The van der Waals surface area contributed by atoms with Gasteiger partial charge in [0.2, 0.25) is 0 Å². The van der Waals surface area contributed by atoms with Crippen LogP contribution in [0.1, 0.15) is 47.5 Å². The number of carbonyl (C=O) groups is 1. The van der Waals surface area contributed by atoms with Crippen LogP contribution in [0.2, 0.25) is 0 Å². The summed E-state index contributed by atoms with van der Waals surface area (Å²) in [6, 6.07) is 15.5. The van der Waals surface area contributed by atoms with Crippen molar-refractivity contribution in [1.29, 1.82) is 0 Å². The lowest BCUT2D eigenvalue weighted by atomic mass is 10.0. The van der Waals surface area contributed by atoms with Crippen molar-refractivity contribution in [2.24, 2.45) is 0 Å². The highest BCUT2D eigenvalue weighted by atomic mass is 16.5. The quantitative estimate of drug-likeness (QED) is 0.697. The molecule has 0 bridgehead atoms. The number of aromatic nitrogens is 3. The molecule has 3 aromatic rings. The summed E-state index contributed by atoms with van der Waals surface area (Å²) in [6.07, 6.45) is 3.11. The van der Waals surface area contributed by atoms with E-state index in [1.165, 1.54) is 0 Å². The van der Waals surface area contributed by atoms with Crippen LogP contribution in [-0.2, 0) is 4.74 Å². The van der Waals surface area contributed by atoms with Crippen LogP contribution in [0.4, 0.5) is 0 Å². The van der Waals surface area contributed by atoms with E-state index in [2.05, 4.69) is 15.4 Å². The number of methoxy groups -OCH3 is 1. The van der Waals surface area contributed by atoms with Crippen LogP contribution < -0.4 is 5.32 Å². The first-order chi connectivity index (χ1) is 13.1. The van der Waals surface area contributed by atoms with Gasteiger partial charge in [-0.15, -0.1) is 0 Å². The van der Waals surface area contributed by atoms with Crippen LogP contribution in [0.25, 0.3) is 5.82 Å². The molecule has 1 atom stereocenters. The Kier molecular flexibility index (Phi) is 5.98. The van der Waals surface area contributed by atoms with Gasteiger partial charge in [0.25, 0.3) is 5.91 Å². The number of hydrogen-bond acceptors (Lipinski definition) is 4. The van der Waals surface area contributed by atoms with Crippen molar-refractivity contribution >= 4 is 5.91 Å². The number of carbonyl (C=O) groups excluding carboxylic acids is 1. The van der Waals surface area contributed by atoms with Crippen LogP contribution in [0.5, 0.6) is 0 Å². The molecule has 0 aliphatic rings. The van der Waals surface area contributed by atoms with Crippen molar-refractivity contribution in [3.63, 3.8) is 0 Å². The summed E-state index contributed by atoms with van der Waals surface area (Å²) < 4.78 is 7.26. The fraction of sp³-hybridized carbons (Fsp3) is 0.286. The molecule has 0 radical (unpaired) electrons. The second-order valence-electron chi connectivity index (χ2n) is 6.54. The van der Waals surface area contributed by atoms with Crippen LogP contribution in [0.15, 0.2) is 60.9 Å². The van der Waals surface area contributed by atoms with Gasteiger partial charge in [-0.2, -0.15) is 5.10 Å². The molecule has 6 nitrogen and oxygen atoms in total. The van der Waals surface area contributed by atoms with Crippen molar-refractivity contribution in [1.82, 2.24) is 20.1 Å². The first kappa shape index (κ1) is 18.8. The lowest BCUT2D eigenvalue weighted by Crippen LogP contribution is -2.30. The Hall–Kier alpha value is -2.99. The molecule has 1 N–H and O–H groups in total. The van der Waals surface area contributed by atoms with Crippen molar-refractivity contribution in [3.8, 4) is 5.82 Å². The fourth-order valence-electron chi connectivity index (χ4n) is 3.04. The molecule has 0 aliphatic carbocycles. The molecule has 2 heterocycles. The number of pyridine rings is 1. The predicted molar refractivity (Wildman–Crippen MR) is 104 cm³/mol. The number of nitrogens with zero attached hydrogens (tertiary/aromatic N) is 3. The van der Waals surface area contributed by atoms with E-state index >= 15 is 0 Å². The third kappa shape index (κ3) is 4.23. The van der Waals surface area contributed by atoms with E-state index in [1.807, 2.05) is 62.4 Å². The van der Waals surface area contributed by atoms with Crippen LogP contribution in [0, 0.1) is 0 Å². The number of nitrogens with one attached hydrogen (secondary N) is 1. The van der Waals surface area contributed by atoms with E-state index < -0.39 is 0 Å². The third-order valence-electron chi connectivity index (χ3n) is 4.37. The molecule has 0 fully saturated rings. The maximum atomic E-state index is 12.8. The lowest BCUT2D eigenvalue weighted by Gasteiger charge is -2.17. The molecule has 1 unspecified atom stereocenters. The summed E-state index contributed by atoms with van der Waals surface area (Å²) in [4.78, 5) is 17.2. The molecular weight excluding hydrogens is 340 g/mol. The first-order valence-corrected chi connectivity index (χ1v) is 8.97. The van der Waals surface area contributed by atoms with Gasteiger partial charge in [0.15, 0.2) is 5.82 Å². The molecule has 0 saturated carbocycles. The second kappa shape index (κ2) is 8.60. The van der Waals surface area contributed by atoms with Gasteiger partial charge in [0.1, 0.15) is 0 Å². The standard InChI is InChI=1S/C21H24N4O2/c1-15(2)20-17(13-24-25(20)19-11-7-8-12-22-19)21(26)23-14-18(27-3)16-9-5-4-6-10-16/h4-13,15,18H,14H2,1-3H3,(H,23,26). The van der Waals surface area contributed by atoms with Gasteiger partial charge in [0.05, 0.1) is 23.6 Å². The Morgan fingerprint density at radius 3 is 2.52 bits per heavy atom. The van der Waals surface area contributed by atoms with Gasteiger partial charge in [-0.25, -0.2) is 9.67 Å². The van der Waals surface area contributed by atoms with Crippen LogP contribution in [-0.4, -0.2) is 34.3 Å². The minimum absolute atomic E-state index is 0.114. The summed E-state index contributed by atoms with van der Waals surface area (Å²) in [5.74, 6) is 0.640. The number of amides is 1. The van der Waals surface area contributed by atoms with Crippen molar-refractivity contribution in [2.45, 2.75) is 25.9 Å². The van der Waals surface area contributed by atoms with E-state index in [-0.39, 0.29) is 17.9 Å². The zero-order valence-corrected chi connectivity index (χ0v) is 15.8. The SMILES string of the molecule is COC(CNC(=O)c1cnn(-c2ccccn2)c1C(C)C)c1ccccc1. The zero-order chi connectivity index (χ0) is 19.2. The van der Waals surface area contributed by atoms with Gasteiger partial charge < -0.3 is 10.1 Å².